The third-order valence-electron chi connectivity index (χ3n) is 3.95. The van der Waals surface area contributed by atoms with Gasteiger partial charge < -0.3 is 10.3 Å². The van der Waals surface area contributed by atoms with Crippen LogP contribution < -0.4 is 10.9 Å². The van der Waals surface area contributed by atoms with Crippen molar-refractivity contribution in [2.24, 2.45) is 5.41 Å². The average molecular weight is 346 g/mol. The monoisotopic (exact) mass is 345 g/mol. The molecule has 0 saturated carbocycles. The summed E-state index contributed by atoms with van der Waals surface area (Å²) in [7, 11) is 0. The number of nitrogens with zero attached hydrogens (tertiary/aromatic N) is 1. The number of rotatable bonds is 2. The Labute approximate surface area is 143 Å². The molecule has 6 nitrogen and oxygen atoms in total. The molecular formula is C17H16ClN3O3. The minimum absolute atomic E-state index is 0.0697. The van der Waals surface area contributed by atoms with Crippen LogP contribution in [-0.2, 0) is 6.42 Å². The number of carbonyl (C=O) groups is 2. The Kier molecular flexibility index (Phi) is 4.01. The second kappa shape index (κ2) is 5.87. The van der Waals surface area contributed by atoms with E-state index in [1.807, 2.05) is 13.8 Å². The van der Waals surface area contributed by atoms with Crippen molar-refractivity contribution in [3.8, 4) is 0 Å². The van der Waals surface area contributed by atoms with Gasteiger partial charge in [-0.05, 0) is 30.0 Å². The van der Waals surface area contributed by atoms with Crippen LogP contribution in [0.1, 0.15) is 46.7 Å². The van der Waals surface area contributed by atoms with Crippen molar-refractivity contribution in [1.82, 2.24) is 9.97 Å². The van der Waals surface area contributed by atoms with Gasteiger partial charge in [-0.15, -0.1) is 0 Å². The topological polar surface area (TPSA) is 91.9 Å². The molecule has 2 aromatic rings. The molecule has 2 N–H and O–H groups in total. The lowest BCUT2D eigenvalue weighted by atomic mass is 9.75. The van der Waals surface area contributed by atoms with Gasteiger partial charge in [-0.2, -0.15) is 0 Å². The highest BCUT2D eigenvalue weighted by molar-refractivity contribution is 6.29. The molecule has 0 unspecified atom stereocenters. The van der Waals surface area contributed by atoms with Crippen molar-refractivity contribution in [3.63, 3.8) is 0 Å². The van der Waals surface area contributed by atoms with E-state index in [4.69, 9.17) is 11.6 Å². The molecular weight excluding hydrogens is 330 g/mol. The van der Waals surface area contributed by atoms with Gasteiger partial charge in [0.05, 0.1) is 11.9 Å². The van der Waals surface area contributed by atoms with E-state index in [0.29, 0.717) is 34.9 Å². The first-order valence-corrected chi connectivity index (χ1v) is 7.85. The molecule has 2 aromatic heterocycles. The lowest BCUT2D eigenvalue weighted by molar-refractivity contribution is 0.0910. The van der Waals surface area contributed by atoms with E-state index in [9.17, 15) is 14.4 Å². The summed E-state index contributed by atoms with van der Waals surface area (Å²) in [6.07, 6.45) is 2.36. The summed E-state index contributed by atoms with van der Waals surface area (Å²) >= 11 is 5.69. The molecule has 1 aliphatic carbocycles. The maximum absolute atomic E-state index is 12.3. The highest BCUT2D eigenvalue weighted by Gasteiger charge is 2.32. The molecule has 1 aliphatic rings. The second-order valence-electron chi connectivity index (χ2n) is 6.67. The first kappa shape index (κ1) is 16.4. The van der Waals surface area contributed by atoms with E-state index in [0.717, 1.165) is 0 Å². The SMILES string of the molecule is CC1(C)CC(=O)c2cc(C(=O)Nc3ccc(Cl)nc3)c(=O)[nH]c2C1. The third-order valence-corrected chi connectivity index (χ3v) is 4.17. The number of pyridine rings is 2. The number of hydrogen-bond donors (Lipinski definition) is 2. The minimum atomic E-state index is -0.596. The molecule has 0 saturated heterocycles. The van der Waals surface area contributed by atoms with Crippen molar-refractivity contribution in [3.05, 3.63) is 56.7 Å². The van der Waals surface area contributed by atoms with Crippen LogP contribution in [0.2, 0.25) is 5.15 Å². The average Bonchev–Trinajstić information content (AvgIpc) is 2.47. The molecule has 0 aromatic carbocycles. The summed E-state index contributed by atoms with van der Waals surface area (Å²) in [5.41, 5.74) is 0.592. The van der Waals surface area contributed by atoms with E-state index >= 15 is 0 Å². The number of H-pyrrole nitrogens is 1. The van der Waals surface area contributed by atoms with Crippen LogP contribution in [-0.4, -0.2) is 21.7 Å². The number of nitrogens with one attached hydrogen (secondary N) is 2. The maximum Gasteiger partial charge on any atom is 0.261 e. The summed E-state index contributed by atoms with van der Waals surface area (Å²) in [5, 5.41) is 2.87. The van der Waals surface area contributed by atoms with Crippen LogP contribution in [0.3, 0.4) is 0 Å². The molecule has 1 amide bonds. The molecule has 0 aliphatic heterocycles. The van der Waals surface area contributed by atoms with Crippen LogP contribution >= 0.6 is 11.6 Å². The molecule has 0 fully saturated rings. The van der Waals surface area contributed by atoms with Gasteiger partial charge in [-0.3, -0.25) is 14.4 Å². The largest absolute Gasteiger partial charge is 0.325 e. The number of aromatic nitrogens is 2. The molecule has 2 heterocycles. The highest BCUT2D eigenvalue weighted by atomic mass is 35.5. The maximum atomic E-state index is 12.3. The Morgan fingerprint density at radius 3 is 2.71 bits per heavy atom. The Hall–Kier alpha value is -2.47. The lowest BCUT2D eigenvalue weighted by Crippen LogP contribution is -2.32. The molecule has 0 radical (unpaired) electrons. The Bertz CT molecular complexity index is 885. The summed E-state index contributed by atoms with van der Waals surface area (Å²) in [5.74, 6) is -0.666. The number of fused-ring (bicyclic) bond motifs is 1. The van der Waals surface area contributed by atoms with E-state index < -0.39 is 11.5 Å². The lowest BCUT2D eigenvalue weighted by Gasteiger charge is -2.29. The first-order valence-electron chi connectivity index (χ1n) is 7.47. The predicted octanol–water partition coefficient (Wildman–Crippen LogP) is 2.83. The summed E-state index contributed by atoms with van der Waals surface area (Å²) in [4.78, 5) is 43.4. The van der Waals surface area contributed by atoms with Crippen molar-refractivity contribution in [2.75, 3.05) is 5.32 Å². The fourth-order valence-electron chi connectivity index (χ4n) is 2.84. The zero-order valence-corrected chi connectivity index (χ0v) is 14.0. The number of anilines is 1. The molecule has 0 spiro atoms. The van der Waals surface area contributed by atoms with Crippen molar-refractivity contribution in [1.29, 1.82) is 0 Å². The first-order chi connectivity index (χ1) is 11.2. The van der Waals surface area contributed by atoms with Crippen molar-refractivity contribution >= 4 is 29.0 Å². The molecule has 124 valence electrons. The predicted molar refractivity (Wildman–Crippen MR) is 90.7 cm³/mol. The van der Waals surface area contributed by atoms with Crippen molar-refractivity contribution < 1.29 is 9.59 Å². The van der Waals surface area contributed by atoms with Gasteiger partial charge in [0.25, 0.3) is 11.5 Å². The molecule has 0 atom stereocenters. The van der Waals surface area contributed by atoms with Gasteiger partial charge >= 0.3 is 0 Å². The Morgan fingerprint density at radius 1 is 1.29 bits per heavy atom. The van der Waals surface area contributed by atoms with E-state index in [-0.39, 0.29) is 16.8 Å². The van der Waals surface area contributed by atoms with Gasteiger partial charge in [0, 0.05) is 17.7 Å². The fourth-order valence-corrected chi connectivity index (χ4v) is 2.96. The standard InChI is InChI=1S/C17H16ClN3O3/c1-17(2)6-12-10(13(22)7-17)5-11(16(24)21-12)15(23)20-9-3-4-14(18)19-8-9/h3-5,8H,6-7H2,1-2H3,(H,20,23)(H,21,24). The third kappa shape index (κ3) is 3.23. The van der Waals surface area contributed by atoms with Gasteiger partial charge in [0.2, 0.25) is 0 Å². The summed E-state index contributed by atoms with van der Waals surface area (Å²) in [6.45, 7) is 3.95. The number of aromatic amines is 1. The normalized spacial score (nSPS) is 15.7. The number of ketones is 1. The highest BCUT2D eigenvalue weighted by Crippen LogP contribution is 2.33. The van der Waals surface area contributed by atoms with Gasteiger partial charge in [-0.25, -0.2) is 4.98 Å². The zero-order valence-electron chi connectivity index (χ0n) is 13.3. The number of amides is 1. The number of hydrogen-bond acceptors (Lipinski definition) is 4. The van der Waals surface area contributed by atoms with E-state index in [1.165, 1.54) is 18.3 Å². The zero-order chi connectivity index (χ0) is 17.5. The second-order valence-corrected chi connectivity index (χ2v) is 7.06. The molecule has 3 rings (SSSR count). The van der Waals surface area contributed by atoms with Crippen LogP contribution in [0.25, 0.3) is 0 Å². The van der Waals surface area contributed by atoms with Gasteiger partial charge in [-0.1, -0.05) is 25.4 Å². The van der Waals surface area contributed by atoms with Crippen molar-refractivity contribution in [2.45, 2.75) is 26.7 Å². The Morgan fingerprint density at radius 2 is 2.04 bits per heavy atom. The van der Waals surface area contributed by atoms with E-state index in [1.54, 1.807) is 6.07 Å². The van der Waals surface area contributed by atoms with Gasteiger partial charge in [0.1, 0.15) is 10.7 Å². The molecule has 24 heavy (non-hydrogen) atoms. The Balaban J connectivity index is 1.93. The summed E-state index contributed by atoms with van der Waals surface area (Å²) < 4.78 is 0. The number of halogens is 1. The smallest absolute Gasteiger partial charge is 0.261 e. The molecule has 7 heteroatoms. The number of Topliss-reactive ketones (excluding diaryl/α,β-unsaturated/α-hetero) is 1. The van der Waals surface area contributed by atoms with Crippen LogP contribution in [0, 0.1) is 5.41 Å². The van der Waals surface area contributed by atoms with Crippen LogP contribution in [0.15, 0.2) is 29.2 Å². The molecule has 0 bridgehead atoms. The van der Waals surface area contributed by atoms with Gasteiger partial charge in [0.15, 0.2) is 5.78 Å². The minimum Gasteiger partial charge on any atom is -0.325 e. The number of carbonyl (C=O) groups excluding carboxylic acids is 2. The van der Waals surface area contributed by atoms with E-state index in [2.05, 4.69) is 15.3 Å². The quantitative estimate of drug-likeness (QED) is 0.819. The fraction of sp³-hybridized carbons (Fsp3) is 0.294. The summed E-state index contributed by atoms with van der Waals surface area (Å²) in [6, 6.07) is 4.48. The van der Waals surface area contributed by atoms with Crippen LogP contribution in [0.4, 0.5) is 5.69 Å². The van der Waals surface area contributed by atoms with Crippen LogP contribution in [0.5, 0.6) is 0 Å².